The molecule has 2 heterocycles. The zero-order valence-corrected chi connectivity index (χ0v) is 15.5. The first-order valence-electron chi connectivity index (χ1n) is 9.40. The van der Waals surface area contributed by atoms with Crippen molar-refractivity contribution in [2.75, 3.05) is 0 Å². The van der Waals surface area contributed by atoms with Gasteiger partial charge in [0.2, 0.25) is 0 Å². The van der Waals surface area contributed by atoms with Crippen molar-refractivity contribution in [3.05, 3.63) is 87.7 Å². The summed E-state index contributed by atoms with van der Waals surface area (Å²) in [5.74, 6) is 0.0514. The summed E-state index contributed by atoms with van der Waals surface area (Å²) in [6.07, 6.45) is 3.86. The van der Waals surface area contributed by atoms with Crippen LogP contribution < -0.4 is 5.56 Å². The molecule has 1 fully saturated rings. The second-order valence-electron chi connectivity index (χ2n) is 7.40. The van der Waals surface area contributed by atoms with Gasteiger partial charge in [-0.15, -0.1) is 0 Å². The van der Waals surface area contributed by atoms with Crippen LogP contribution in [-0.2, 0) is 6.54 Å². The van der Waals surface area contributed by atoms with Crippen LogP contribution in [-0.4, -0.2) is 19.6 Å². The molecule has 5 rings (SSSR count). The molecule has 28 heavy (non-hydrogen) atoms. The Morgan fingerprint density at radius 3 is 2.46 bits per heavy atom. The van der Waals surface area contributed by atoms with Crippen LogP contribution in [0.3, 0.4) is 0 Å². The largest absolute Gasteiger partial charge is 0.293 e. The first-order chi connectivity index (χ1) is 13.6. The van der Waals surface area contributed by atoms with Gasteiger partial charge in [0.1, 0.15) is 11.3 Å². The number of aromatic nitrogens is 4. The van der Waals surface area contributed by atoms with Crippen molar-refractivity contribution in [3.8, 4) is 5.69 Å². The molecule has 0 atom stereocenters. The molecule has 0 amide bonds. The molecule has 0 bridgehead atoms. The molecule has 1 aliphatic rings. The minimum Gasteiger partial charge on any atom is -0.265 e. The van der Waals surface area contributed by atoms with Gasteiger partial charge in [0.05, 0.1) is 24.1 Å². The summed E-state index contributed by atoms with van der Waals surface area (Å²) in [7, 11) is 0. The highest BCUT2D eigenvalue weighted by atomic mass is 19.1. The lowest BCUT2D eigenvalue weighted by molar-refractivity contribution is 0.624. The topological polar surface area (TPSA) is 52.7 Å². The Balaban J connectivity index is 1.69. The van der Waals surface area contributed by atoms with Crippen LogP contribution in [0, 0.1) is 12.7 Å². The number of nitrogens with zero attached hydrogens (tertiary/aromatic N) is 4. The average Bonchev–Trinajstić information content (AvgIpc) is 3.44. The fourth-order valence-electron chi connectivity index (χ4n) is 3.50. The predicted octanol–water partition coefficient (Wildman–Crippen LogP) is 3.96. The van der Waals surface area contributed by atoms with Crippen molar-refractivity contribution in [2.24, 2.45) is 0 Å². The molecule has 0 unspecified atom stereocenters. The molecule has 1 saturated carbocycles. The second-order valence-corrected chi connectivity index (χ2v) is 7.40. The van der Waals surface area contributed by atoms with E-state index in [2.05, 4.69) is 5.10 Å². The van der Waals surface area contributed by atoms with E-state index in [0.29, 0.717) is 23.7 Å². The molecule has 4 aromatic rings. The van der Waals surface area contributed by atoms with E-state index in [1.54, 1.807) is 23.0 Å². The van der Waals surface area contributed by atoms with E-state index in [1.807, 2.05) is 31.2 Å². The molecule has 0 radical (unpaired) electrons. The third-order valence-corrected chi connectivity index (χ3v) is 5.20. The Kier molecular flexibility index (Phi) is 3.86. The SMILES string of the molecule is Cc1ccc(Cn2nc(C3CC3)c3cnn(-c4ccc(F)cc4)c3c2=O)cc1. The normalized spacial score (nSPS) is 13.9. The van der Waals surface area contributed by atoms with Crippen LogP contribution >= 0.6 is 0 Å². The monoisotopic (exact) mass is 374 g/mol. The third kappa shape index (κ3) is 2.91. The van der Waals surface area contributed by atoms with E-state index < -0.39 is 0 Å². The van der Waals surface area contributed by atoms with Crippen LogP contribution in [0.2, 0.25) is 0 Å². The number of halogens is 1. The van der Waals surface area contributed by atoms with Gasteiger partial charge in [-0.25, -0.2) is 13.8 Å². The molecular weight excluding hydrogens is 355 g/mol. The predicted molar refractivity (Wildman–Crippen MR) is 105 cm³/mol. The van der Waals surface area contributed by atoms with Gasteiger partial charge in [-0.2, -0.15) is 10.2 Å². The van der Waals surface area contributed by atoms with Gasteiger partial charge in [0, 0.05) is 11.3 Å². The van der Waals surface area contributed by atoms with Crippen molar-refractivity contribution >= 4 is 10.9 Å². The number of aryl methyl sites for hydroxylation is 1. The lowest BCUT2D eigenvalue weighted by Crippen LogP contribution is -2.26. The number of rotatable bonds is 4. The van der Waals surface area contributed by atoms with E-state index in [9.17, 15) is 9.18 Å². The molecule has 0 saturated heterocycles. The van der Waals surface area contributed by atoms with E-state index in [4.69, 9.17) is 5.10 Å². The van der Waals surface area contributed by atoms with Crippen molar-refractivity contribution in [1.29, 1.82) is 0 Å². The van der Waals surface area contributed by atoms with Crippen molar-refractivity contribution in [3.63, 3.8) is 0 Å². The van der Waals surface area contributed by atoms with Gasteiger partial charge in [-0.1, -0.05) is 29.8 Å². The van der Waals surface area contributed by atoms with E-state index in [0.717, 1.165) is 29.5 Å². The molecule has 2 aromatic heterocycles. The molecule has 0 spiro atoms. The highest BCUT2D eigenvalue weighted by molar-refractivity contribution is 5.82. The molecular formula is C22H19FN4O. The van der Waals surface area contributed by atoms with Crippen molar-refractivity contribution in [2.45, 2.75) is 32.2 Å². The zero-order valence-electron chi connectivity index (χ0n) is 15.5. The lowest BCUT2D eigenvalue weighted by Gasteiger charge is -2.10. The number of benzene rings is 2. The van der Waals surface area contributed by atoms with Gasteiger partial charge in [-0.3, -0.25) is 4.79 Å². The fourth-order valence-corrected chi connectivity index (χ4v) is 3.50. The summed E-state index contributed by atoms with van der Waals surface area (Å²) in [4.78, 5) is 13.3. The Bertz CT molecular complexity index is 1220. The Morgan fingerprint density at radius 1 is 1.07 bits per heavy atom. The van der Waals surface area contributed by atoms with Crippen LogP contribution in [0.5, 0.6) is 0 Å². The highest BCUT2D eigenvalue weighted by Crippen LogP contribution is 2.41. The maximum atomic E-state index is 13.3. The maximum absolute atomic E-state index is 13.3. The highest BCUT2D eigenvalue weighted by Gasteiger charge is 2.30. The van der Waals surface area contributed by atoms with Gasteiger partial charge >= 0.3 is 0 Å². The summed E-state index contributed by atoms with van der Waals surface area (Å²) in [5, 5.41) is 9.91. The summed E-state index contributed by atoms with van der Waals surface area (Å²) >= 11 is 0. The van der Waals surface area contributed by atoms with E-state index >= 15 is 0 Å². The van der Waals surface area contributed by atoms with Crippen LogP contribution in [0.1, 0.15) is 35.6 Å². The zero-order chi connectivity index (χ0) is 19.3. The average molecular weight is 374 g/mol. The Hall–Kier alpha value is -3.28. The van der Waals surface area contributed by atoms with Crippen LogP contribution in [0.4, 0.5) is 4.39 Å². The number of hydrogen-bond acceptors (Lipinski definition) is 3. The molecule has 0 aliphatic heterocycles. The summed E-state index contributed by atoms with van der Waals surface area (Å²) in [5.41, 5.74) is 4.08. The fraction of sp³-hybridized carbons (Fsp3) is 0.227. The van der Waals surface area contributed by atoms with Gasteiger partial charge < -0.3 is 0 Å². The maximum Gasteiger partial charge on any atom is 0.293 e. The molecule has 5 nitrogen and oxygen atoms in total. The van der Waals surface area contributed by atoms with Crippen LogP contribution in [0.25, 0.3) is 16.6 Å². The van der Waals surface area contributed by atoms with Gasteiger partial charge in [0.25, 0.3) is 5.56 Å². The van der Waals surface area contributed by atoms with E-state index in [-0.39, 0.29) is 11.4 Å². The molecule has 0 N–H and O–H groups in total. The van der Waals surface area contributed by atoms with Crippen LogP contribution in [0.15, 0.2) is 59.5 Å². The summed E-state index contributed by atoms with van der Waals surface area (Å²) < 4.78 is 16.5. The first-order valence-corrected chi connectivity index (χ1v) is 9.40. The molecule has 140 valence electrons. The Morgan fingerprint density at radius 2 is 1.79 bits per heavy atom. The lowest BCUT2D eigenvalue weighted by atomic mass is 10.1. The molecule has 2 aromatic carbocycles. The second kappa shape index (κ2) is 6.41. The smallest absolute Gasteiger partial charge is 0.265 e. The minimum absolute atomic E-state index is 0.193. The summed E-state index contributed by atoms with van der Waals surface area (Å²) in [6.45, 7) is 2.44. The van der Waals surface area contributed by atoms with Gasteiger partial charge in [-0.05, 0) is 49.6 Å². The minimum atomic E-state index is -0.322. The molecule has 6 heteroatoms. The number of hydrogen-bond donors (Lipinski definition) is 0. The molecule has 1 aliphatic carbocycles. The summed E-state index contributed by atoms with van der Waals surface area (Å²) in [6, 6.07) is 14.1. The van der Waals surface area contributed by atoms with Crippen molar-refractivity contribution < 1.29 is 4.39 Å². The third-order valence-electron chi connectivity index (χ3n) is 5.20. The van der Waals surface area contributed by atoms with Gasteiger partial charge in [0.15, 0.2) is 0 Å². The number of fused-ring (bicyclic) bond motifs is 1. The standard InChI is InChI=1S/C22H19FN4O/c1-14-2-4-15(5-3-14)13-26-22(28)21-19(20(25-26)16-6-7-16)12-24-27(21)18-10-8-17(23)9-11-18/h2-5,8-12,16H,6-7,13H2,1H3. The van der Waals surface area contributed by atoms with Crippen molar-refractivity contribution in [1.82, 2.24) is 19.6 Å². The first kappa shape index (κ1) is 16.9. The quantitative estimate of drug-likeness (QED) is 0.543. The Labute approximate surface area is 161 Å². The van der Waals surface area contributed by atoms with E-state index in [1.165, 1.54) is 22.4 Å².